The maximum Gasteiger partial charge on any atom is 0.261 e. The smallest absolute Gasteiger partial charge is 0.261 e. The Morgan fingerprint density at radius 2 is 1.78 bits per heavy atom. The molecule has 1 N–H and O–H groups in total. The summed E-state index contributed by atoms with van der Waals surface area (Å²) in [6, 6.07) is 14.7. The van der Waals surface area contributed by atoms with Crippen LogP contribution in [0.15, 0.2) is 48.5 Å². The molecular weight excluding hydrogens is 314 g/mol. The normalized spacial score (nSPS) is 11.6. The number of amides is 1. The van der Waals surface area contributed by atoms with Gasteiger partial charge >= 0.3 is 0 Å². The fourth-order valence-electron chi connectivity index (χ4n) is 2.06. The fourth-order valence-corrected chi connectivity index (χ4v) is 2.24. The van der Waals surface area contributed by atoms with Crippen LogP contribution in [0.2, 0.25) is 5.02 Å². The SMILES string of the molecule is CCOc1ccccc1CNC(=O)[C@@H](C)Oc1ccccc1Cl. The highest BCUT2D eigenvalue weighted by Crippen LogP contribution is 2.24. The number of carbonyl (C=O) groups excluding carboxylic acids is 1. The van der Waals surface area contributed by atoms with Gasteiger partial charge in [0.2, 0.25) is 0 Å². The second-order valence-corrected chi connectivity index (χ2v) is 5.36. The number of para-hydroxylation sites is 2. The molecule has 2 aromatic carbocycles. The summed E-state index contributed by atoms with van der Waals surface area (Å²) in [5.74, 6) is 1.05. The predicted octanol–water partition coefficient (Wildman–Crippen LogP) is 3.82. The van der Waals surface area contributed by atoms with Crippen LogP contribution in [0.4, 0.5) is 0 Å². The van der Waals surface area contributed by atoms with Crippen LogP contribution in [0.3, 0.4) is 0 Å². The van der Waals surface area contributed by atoms with E-state index >= 15 is 0 Å². The van der Waals surface area contributed by atoms with Crippen LogP contribution in [0.25, 0.3) is 0 Å². The highest BCUT2D eigenvalue weighted by Gasteiger charge is 2.16. The van der Waals surface area contributed by atoms with Crippen LogP contribution in [0, 0.1) is 0 Å². The molecule has 0 aliphatic carbocycles. The summed E-state index contributed by atoms with van der Waals surface area (Å²) < 4.78 is 11.1. The van der Waals surface area contributed by atoms with E-state index in [9.17, 15) is 4.79 Å². The average Bonchev–Trinajstić information content (AvgIpc) is 2.56. The molecule has 0 fully saturated rings. The second kappa shape index (κ2) is 8.44. The number of nitrogens with one attached hydrogen (secondary N) is 1. The van der Waals surface area contributed by atoms with Crippen molar-refractivity contribution in [3.8, 4) is 11.5 Å². The molecule has 0 saturated heterocycles. The number of hydrogen-bond donors (Lipinski definition) is 1. The summed E-state index contributed by atoms with van der Waals surface area (Å²) in [4.78, 5) is 12.2. The van der Waals surface area contributed by atoms with E-state index in [-0.39, 0.29) is 5.91 Å². The molecule has 1 atom stereocenters. The lowest BCUT2D eigenvalue weighted by molar-refractivity contribution is -0.127. The number of benzene rings is 2. The minimum Gasteiger partial charge on any atom is -0.494 e. The molecule has 2 rings (SSSR count). The molecule has 0 aliphatic rings. The third kappa shape index (κ3) is 4.89. The summed E-state index contributed by atoms with van der Waals surface area (Å²) in [7, 11) is 0. The number of carbonyl (C=O) groups is 1. The van der Waals surface area contributed by atoms with E-state index < -0.39 is 6.10 Å². The minimum absolute atomic E-state index is 0.212. The third-order valence-corrected chi connectivity index (χ3v) is 3.55. The molecule has 0 unspecified atom stereocenters. The van der Waals surface area contributed by atoms with E-state index in [0.717, 1.165) is 11.3 Å². The van der Waals surface area contributed by atoms with Crippen LogP contribution in [-0.2, 0) is 11.3 Å². The van der Waals surface area contributed by atoms with E-state index in [4.69, 9.17) is 21.1 Å². The van der Waals surface area contributed by atoms with E-state index in [2.05, 4.69) is 5.32 Å². The van der Waals surface area contributed by atoms with Crippen LogP contribution >= 0.6 is 11.6 Å². The first-order chi connectivity index (χ1) is 11.1. The standard InChI is InChI=1S/C18H20ClNO3/c1-3-22-16-10-6-4-8-14(16)12-20-18(21)13(2)23-17-11-7-5-9-15(17)19/h4-11,13H,3,12H2,1-2H3,(H,20,21)/t13-/m1/s1. The number of halogens is 1. The summed E-state index contributed by atoms with van der Waals surface area (Å²) in [5.41, 5.74) is 0.924. The largest absolute Gasteiger partial charge is 0.494 e. The summed E-state index contributed by atoms with van der Waals surface area (Å²) in [5, 5.41) is 3.33. The lowest BCUT2D eigenvalue weighted by Crippen LogP contribution is -2.36. The molecule has 4 nitrogen and oxygen atoms in total. The first kappa shape index (κ1) is 17.2. The fraction of sp³-hybridized carbons (Fsp3) is 0.278. The molecule has 0 heterocycles. The molecule has 23 heavy (non-hydrogen) atoms. The predicted molar refractivity (Wildman–Crippen MR) is 91.0 cm³/mol. The molecule has 0 aromatic heterocycles. The zero-order valence-corrected chi connectivity index (χ0v) is 14.0. The lowest BCUT2D eigenvalue weighted by atomic mass is 10.2. The number of rotatable bonds is 7. The van der Waals surface area contributed by atoms with Gasteiger partial charge in [-0.2, -0.15) is 0 Å². The summed E-state index contributed by atoms with van der Waals surface area (Å²) in [6.07, 6.45) is -0.644. The highest BCUT2D eigenvalue weighted by atomic mass is 35.5. The Labute approximate surface area is 141 Å². The maximum absolute atomic E-state index is 12.2. The van der Waals surface area contributed by atoms with Gasteiger partial charge in [0.1, 0.15) is 11.5 Å². The van der Waals surface area contributed by atoms with Crippen LogP contribution in [0.5, 0.6) is 11.5 Å². The first-order valence-corrected chi connectivity index (χ1v) is 7.89. The van der Waals surface area contributed by atoms with Crippen molar-refractivity contribution in [2.75, 3.05) is 6.61 Å². The van der Waals surface area contributed by atoms with Gasteiger partial charge in [0, 0.05) is 12.1 Å². The monoisotopic (exact) mass is 333 g/mol. The van der Waals surface area contributed by atoms with Crippen molar-refractivity contribution in [2.24, 2.45) is 0 Å². The van der Waals surface area contributed by atoms with E-state index in [0.29, 0.717) is 23.9 Å². The molecule has 0 saturated carbocycles. The third-order valence-electron chi connectivity index (χ3n) is 3.24. The zero-order chi connectivity index (χ0) is 16.7. The Morgan fingerprint density at radius 3 is 2.48 bits per heavy atom. The van der Waals surface area contributed by atoms with Gasteiger partial charge in [-0.1, -0.05) is 41.9 Å². The topological polar surface area (TPSA) is 47.6 Å². The summed E-state index contributed by atoms with van der Waals surface area (Å²) >= 11 is 6.03. The summed E-state index contributed by atoms with van der Waals surface area (Å²) in [6.45, 7) is 4.57. The molecule has 1 amide bonds. The van der Waals surface area contributed by atoms with Crippen molar-refractivity contribution in [3.63, 3.8) is 0 Å². The van der Waals surface area contributed by atoms with Gasteiger partial charge in [-0.3, -0.25) is 4.79 Å². The van der Waals surface area contributed by atoms with Crippen molar-refractivity contribution in [2.45, 2.75) is 26.5 Å². The van der Waals surface area contributed by atoms with Gasteiger partial charge in [0.05, 0.1) is 11.6 Å². The number of hydrogen-bond acceptors (Lipinski definition) is 3. The molecular formula is C18H20ClNO3. The van der Waals surface area contributed by atoms with Crippen LogP contribution in [-0.4, -0.2) is 18.6 Å². The second-order valence-electron chi connectivity index (χ2n) is 4.95. The first-order valence-electron chi connectivity index (χ1n) is 7.51. The minimum atomic E-state index is -0.644. The Balaban J connectivity index is 1.93. The Kier molecular flexibility index (Phi) is 6.29. The molecule has 122 valence electrons. The molecule has 0 radical (unpaired) electrons. The van der Waals surface area contributed by atoms with E-state index in [1.165, 1.54) is 0 Å². The van der Waals surface area contributed by atoms with Gasteiger partial charge in [0.25, 0.3) is 5.91 Å². The average molecular weight is 334 g/mol. The van der Waals surface area contributed by atoms with Crippen molar-refractivity contribution in [1.82, 2.24) is 5.32 Å². The van der Waals surface area contributed by atoms with Gasteiger partial charge in [-0.05, 0) is 32.0 Å². The highest BCUT2D eigenvalue weighted by molar-refractivity contribution is 6.32. The van der Waals surface area contributed by atoms with Crippen molar-refractivity contribution >= 4 is 17.5 Å². The van der Waals surface area contributed by atoms with E-state index in [1.54, 1.807) is 19.1 Å². The molecule has 0 spiro atoms. The van der Waals surface area contributed by atoms with Crippen LogP contribution in [0.1, 0.15) is 19.4 Å². The molecule has 5 heteroatoms. The van der Waals surface area contributed by atoms with Crippen molar-refractivity contribution < 1.29 is 14.3 Å². The van der Waals surface area contributed by atoms with Crippen molar-refractivity contribution in [1.29, 1.82) is 0 Å². The maximum atomic E-state index is 12.2. The van der Waals surface area contributed by atoms with E-state index in [1.807, 2.05) is 43.3 Å². The van der Waals surface area contributed by atoms with Gasteiger partial charge < -0.3 is 14.8 Å². The van der Waals surface area contributed by atoms with Gasteiger partial charge in [-0.15, -0.1) is 0 Å². The van der Waals surface area contributed by atoms with Crippen LogP contribution < -0.4 is 14.8 Å². The van der Waals surface area contributed by atoms with Crippen molar-refractivity contribution in [3.05, 3.63) is 59.1 Å². The molecule has 2 aromatic rings. The van der Waals surface area contributed by atoms with Gasteiger partial charge in [0.15, 0.2) is 6.10 Å². The van der Waals surface area contributed by atoms with Gasteiger partial charge in [-0.25, -0.2) is 0 Å². The molecule has 0 bridgehead atoms. The number of ether oxygens (including phenoxy) is 2. The zero-order valence-electron chi connectivity index (χ0n) is 13.2. The molecule has 0 aliphatic heterocycles. The Hall–Kier alpha value is -2.20. The lowest BCUT2D eigenvalue weighted by Gasteiger charge is -2.16. The quantitative estimate of drug-likeness (QED) is 0.837. The Bertz CT molecular complexity index is 660. The Morgan fingerprint density at radius 1 is 1.13 bits per heavy atom.